The molecule has 1 fully saturated rings. The number of nitrogens with one attached hydrogen (secondary N) is 2. The van der Waals surface area contributed by atoms with Gasteiger partial charge in [0.25, 0.3) is 0 Å². The molecule has 2 aromatic rings. The van der Waals surface area contributed by atoms with Gasteiger partial charge in [-0.15, -0.1) is 0 Å². The molecule has 1 aromatic carbocycles. The van der Waals surface area contributed by atoms with Gasteiger partial charge in [0.2, 0.25) is 0 Å². The largest absolute Gasteiger partial charge is 0.381 e. The number of aliphatic imine (C=N–C) groups is 1. The second kappa shape index (κ2) is 8.60. The van der Waals surface area contributed by atoms with Crippen LogP contribution < -0.4 is 10.6 Å². The lowest BCUT2D eigenvalue weighted by Crippen LogP contribution is -2.48. The first-order valence-electron chi connectivity index (χ1n) is 9.01. The van der Waals surface area contributed by atoms with Crippen LogP contribution >= 0.6 is 11.6 Å². The highest BCUT2D eigenvalue weighted by Crippen LogP contribution is 2.38. The maximum absolute atomic E-state index is 6.52. The second-order valence-electron chi connectivity index (χ2n) is 6.84. The van der Waals surface area contributed by atoms with Gasteiger partial charge in [-0.25, -0.2) is 0 Å². The number of hydrogen-bond donors (Lipinski definition) is 2. The van der Waals surface area contributed by atoms with Gasteiger partial charge in [0.15, 0.2) is 5.96 Å². The number of rotatable bonds is 5. The minimum Gasteiger partial charge on any atom is -0.381 e. The number of hydrogen-bond acceptors (Lipinski definition) is 2. The Bertz CT molecular complexity index is 750. The van der Waals surface area contributed by atoms with Crippen molar-refractivity contribution in [2.75, 3.05) is 26.8 Å². The zero-order valence-electron chi connectivity index (χ0n) is 15.5. The van der Waals surface area contributed by atoms with Crippen molar-refractivity contribution in [2.45, 2.75) is 24.8 Å². The third-order valence-corrected chi connectivity index (χ3v) is 5.40. The summed E-state index contributed by atoms with van der Waals surface area (Å²) in [5.41, 5.74) is 2.37. The van der Waals surface area contributed by atoms with Crippen LogP contribution in [-0.4, -0.2) is 37.3 Å². The van der Waals surface area contributed by atoms with E-state index in [4.69, 9.17) is 16.3 Å². The number of benzene rings is 1. The van der Waals surface area contributed by atoms with Gasteiger partial charge < -0.3 is 19.9 Å². The summed E-state index contributed by atoms with van der Waals surface area (Å²) in [6, 6.07) is 10.2. The van der Waals surface area contributed by atoms with Crippen LogP contribution in [0.4, 0.5) is 0 Å². The highest BCUT2D eigenvalue weighted by Gasteiger charge is 2.36. The molecule has 0 unspecified atom stereocenters. The summed E-state index contributed by atoms with van der Waals surface area (Å²) < 4.78 is 7.65. The maximum atomic E-state index is 6.52. The highest BCUT2D eigenvalue weighted by atomic mass is 35.5. The molecule has 140 valence electrons. The van der Waals surface area contributed by atoms with E-state index < -0.39 is 0 Å². The Labute approximate surface area is 160 Å². The molecule has 2 heterocycles. The molecule has 1 aromatic heterocycles. The lowest BCUT2D eigenvalue weighted by Gasteiger charge is -2.38. The molecule has 5 nitrogen and oxygen atoms in total. The Morgan fingerprint density at radius 1 is 1.23 bits per heavy atom. The topological polar surface area (TPSA) is 50.6 Å². The molecule has 26 heavy (non-hydrogen) atoms. The summed E-state index contributed by atoms with van der Waals surface area (Å²) in [6.45, 7) is 3.02. The van der Waals surface area contributed by atoms with Crippen LogP contribution in [0.5, 0.6) is 0 Å². The first-order valence-corrected chi connectivity index (χ1v) is 9.39. The van der Waals surface area contributed by atoms with Gasteiger partial charge in [-0.2, -0.15) is 0 Å². The van der Waals surface area contributed by atoms with E-state index in [-0.39, 0.29) is 5.41 Å². The Morgan fingerprint density at radius 3 is 2.65 bits per heavy atom. The van der Waals surface area contributed by atoms with Crippen molar-refractivity contribution in [3.05, 3.63) is 58.9 Å². The lowest BCUT2D eigenvalue weighted by atomic mass is 9.74. The van der Waals surface area contributed by atoms with E-state index in [0.29, 0.717) is 0 Å². The minimum absolute atomic E-state index is 0.0407. The molecule has 0 spiro atoms. The van der Waals surface area contributed by atoms with Gasteiger partial charge in [-0.05, 0) is 36.1 Å². The van der Waals surface area contributed by atoms with Crippen LogP contribution in [0.1, 0.15) is 24.0 Å². The molecule has 0 saturated carbocycles. The minimum atomic E-state index is -0.0407. The molecule has 2 N–H and O–H groups in total. The van der Waals surface area contributed by atoms with Gasteiger partial charge in [-0.3, -0.25) is 4.99 Å². The summed E-state index contributed by atoms with van der Waals surface area (Å²) in [7, 11) is 3.82. The number of guanidine groups is 1. The standard InChI is InChI=1S/C20H27ClN4O/c1-22-19(23-13-16-7-10-25(2)14-16)24-15-20(8-11-26-12-9-20)17-5-3-4-6-18(17)21/h3-7,10,14H,8-9,11-13,15H2,1-2H3,(H2,22,23,24). The van der Waals surface area contributed by atoms with Crippen LogP contribution in [0.2, 0.25) is 5.02 Å². The molecule has 0 aliphatic carbocycles. The molecule has 1 aliphatic rings. The second-order valence-corrected chi connectivity index (χ2v) is 7.24. The third-order valence-electron chi connectivity index (χ3n) is 5.07. The van der Waals surface area contributed by atoms with Crippen LogP contribution in [0.15, 0.2) is 47.7 Å². The van der Waals surface area contributed by atoms with Crippen molar-refractivity contribution in [1.82, 2.24) is 15.2 Å². The summed E-state index contributed by atoms with van der Waals surface area (Å²) in [6.07, 6.45) is 6.03. The molecule has 6 heteroatoms. The summed E-state index contributed by atoms with van der Waals surface area (Å²) in [4.78, 5) is 4.36. The Kier molecular flexibility index (Phi) is 6.22. The Balaban J connectivity index is 1.68. The first kappa shape index (κ1) is 18.8. The van der Waals surface area contributed by atoms with E-state index >= 15 is 0 Å². The van der Waals surface area contributed by atoms with Gasteiger partial charge >= 0.3 is 0 Å². The van der Waals surface area contributed by atoms with Gasteiger partial charge in [-0.1, -0.05) is 29.8 Å². The lowest BCUT2D eigenvalue weighted by molar-refractivity contribution is 0.0514. The molecule has 3 rings (SSSR count). The van der Waals surface area contributed by atoms with Gasteiger partial charge in [0.1, 0.15) is 0 Å². The van der Waals surface area contributed by atoms with Crippen molar-refractivity contribution < 1.29 is 4.74 Å². The van der Waals surface area contributed by atoms with Crippen molar-refractivity contribution in [1.29, 1.82) is 0 Å². The Hall–Kier alpha value is -1.98. The van der Waals surface area contributed by atoms with Crippen molar-refractivity contribution >= 4 is 17.6 Å². The van der Waals surface area contributed by atoms with Gasteiger partial charge in [0.05, 0.1) is 0 Å². The van der Waals surface area contributed by atoms with E-state index in [1.54, 1.807) is 7.05 Å². The van der Waals surface area contributed by atoms with E-state index in [1.165, 1.54) is 11.1 Å². The average Bonchev–Trinajstić information content (AvgIpc) is 3.08. The maximum Gasteiger partial charge on any atom is 0.191 e. The molecular weight excluding hydrogens is 348 g/mol. The molecule has 0 bridgehead atoms. The van der Waals surface area contributed by atoms with Gasteiger partial charge in [0, 0.05) is 63.2 Å². The summed E-state index contributed by atoms with van der Waals surface area (Å²) in [5.74, 6) is 0.798. The predicted octanol–water partition coefficient (Wildman–Crippen LogP) is 3.09. The fourth-order valence-electron chi connectivity index (χ4n) is 3.52. The Morgan fingerprint density at radius 2 is 2.00 bits per heavy atom. The quantitative estimate of drug-likeness (QED) is 0.624. The number of ether oxygens (including phenoxy) is 1. The number of nitrogens with zero attached hydrogens (tertiary/aromatic N) is 2. The smallest absolute Gasteiger partial charge is 0.191 e. The molecule has 0 radical (unpaired) electrons. The van der Waals surface area contributed by atoms with E-state index in [2.05, 4.69) is 40.0 Å². The van der Waals surface area contributed by atoms with Crippen LogP contribution in [0.3, 0.4) is 0 Å². The van der Waals surface area contributed by atoms with Crippen LogP contribution in [0, 0.1) is 0 Å². The molecular formula is C20H27ClN4O. The summed E-state index contributed by atoms with van der Waals surface area (Å²) >= 11 is 6.52. The molecule has 0 amide bonds. The molecule has 1 aliphatic heterocycles. The van der Waals surface area contributed by atoms with Crippen molar-refractivity contribution in [3.63, 3.8) is 0 Å². The normalized spacial score (nSPS) is 17.1. The van der Waals surface area contributed by atoms with E-state index in [0.717, 1.165) is 50.1 Å². The van der Waals surface area contributed by atoms with Crippen molar-refractivity contribution in [2.24, 2.45) is 12.0 Å². The van der Waals surface area contributed by atoms with E-state index in [9.17, 15) is 0 Å². The van der Waals surface area contributed by atoms with Crippen LogP contribution in [-0.2, 0) is 23.7 Å². The predicted molar refractivity (Wildman–Crippen MR) is 107 cm³/mol. The monoisotopic (exact) mass is 374 g/mol. The number of aromatic nitrogens is 1. The zero-order valence-corrected chi connectivity index (χ0v) is 16.2. The molecule has 0 atom stereocenters. The third kappa shape index (κ3) is 4.40. The zero-order chi connectivity index (χ0) is 18.4. The highest BCUT2D eigenvalue weighted by molar-refractivity contribution is 6.31. The van der Waals surface area contributed by atoms with Crippen LogP contribution in [0.25, 0.3) is 0 Å². The fourth-order valence-corrected chi connectivity index (χ4v) is 3.86. The summed E-state index contributed by atoms with van der Waals surface area (Å²) in [5, 5.41) is 7.71. The number of aryl methyl sites for hydroxylation is 1. The van der Waals surface area contributed by atoms with Crippen molar-refractivity contribution in [3.8, 4) is 0 Å². The first-order chi connectivity index (χ1) is 12.6. The average molecular weight is 375 g/mol. The fraction of sp³-hybridized carbons (Fsp3) is 0.450. The number of halogens is 1. The van der Waals surface area contributed by atoms with E-state index in [1.807, 2.05) is 29.9 Å². The SMILES string of the molecule is CN=C(NCc1ccn(C)c1)NCC1(c2ccccc2Cl)CCOCC1. The molecule has 1 saturated heterocycles.